The van der Waals surface area contributed by atoms with Crippen LogP contribution in [0.3, 0.4) is 0 Å². The summed E-state index contributed by atoms with van der Waals surface area (Å²) in [5.41, 5.74) is 5.92. The molecule has 3 aromatic carbocycles. The van der Waals surface area contributed by atoms with Gasteiger partial charge in [0.2, 0.25) is 0 Å². The van der Waals surface area contributed by atoms with Gasteiger partial charge in [-0.3, -0.25) is 9.98 Å². The maximum Gasteiger partial charge on any atom is 0.0629 e. The van der Waals surface area contributed by atoms with Gasteiger partial charge in [0.05, 0.1) is 11.4 Å². The molecule has 1 atom stereocenters. The summed E-state index contributed by atoms with van der Waals surface area (Å²) in [5.74, 6) is 0.300. The molecule has 0 radical (unpaired) electrons. The standard InChI is InChI=1S/C26H24N2/c1-4-11-21(12-5-1)26-22(19-27-24-15-6-2-7-16-24)13-10-14-23(26)20-28-25-17-8-3-9-18-25/h1-9,11-12,15-20,22H,10,13-14H2. The van der Waals surface area contributed by atoms with Gasteiger partial charge in [-0.25, -0.2) is 0 Å². The summed E-state index contributed by atoms with van der Waals surface area (Å²) in [7, 11) is 0. The molecule has 1 aliphatic carbocycles. The van der Waals surface area contributed by atoms with Crippen LogP contribution in [0.4, 0.5) is 11.4 Å². The van der Waals surface area contributed by atoms with E-state index in [9.17, 15) is 0 Å². The first kappa shape index (κ1) is 18.1. The Morgan fingerprint density at radius 2 is 1.25 bits per heavy atom. The average molecular weight is 364 g/mol. The molecule has 0 aromatic heterocycles. The number of nitrogens with zero attached hydrogens (tertiary/aromatic N) is 2. The highest BCUT2D eigenvalue weighted by Crippen LogP contribution is 2.36. The maximum atomic E-state index is 4.75. The predicted molar refractivity (Wildman–Crippen MR) is 120 cm³/mol. The van der Waals surface area contributed by atoms with Crippen LogP contribution in [-0.2, 0) is 0 Å². The zero-order valence-corrected chi connectivity index (χ0v) is 15.9. The minimum Gasteiger partial charge on any atom is -0.261 e. The van der Waals surface area contributed by atoms with Gasteiger partial charge in [-0.05, 0) is 60.2 Å². The van der Waals surface area contributed by atoms with Gasteiger partial charge >= 0.3 is 0 Å². The van der Waals surface area contributed by atoms with Crippen molar-refractivity contribution in [1.29, 1.82) is 0 Å². The van der Waals surface area contributed by atoms with Crippen LogP contribution in [0.25, 0.3) is 5.57 Å². The van der Waals surface area contributed by atoms with Gasteiger partial charge in [0.15, 0.2) is 0 Å². The third-order valence-electron chi connectivity index (χ3n) is 5.05. The predicted octanol–water partition coefficient (Wildman–Crippen LogP) is 7.05. The molecule has 1 aliphatic rings. The molecule has 1 unspecified atom stereocenters. The first-order valence-electron chi connectivity index (χ1n) is 9.87. The molecule has 0 aliphatic heterocycles. The van der Waals surface area contributed by atoms with Gasteiger partial charge in [0, 0.05) is 18.3 Å². The second-order valence-electron chi connectivity index (χ2n) is 7.01. The Kier molecular flexibility index (Phi) is 5.89. The largest absolute Gasteiger partial charge is 0.261 e. The van der Waals surface area contributed by atoms with E-state index in [1.165, 1.54) is 16.7 Å². The molecule has 0 saturated carbocycles. The van der Waals surface area contributed by atoms with E-state index < -0.39 is 0 Å². The number of aliphatic imine (C=N–C) groups is 2. The van der Waals surface area contributed by atoms with Crippen molar-refractivity contribution in [3.05, 3.63) is 102 Å². The topological polar surface area (TPSA) is 24.7 Å². The third kappa shape index (κ3) is 4.52. The molecule has 0 spiro atoms. The number of hydrogen-bond acceptors (Lipinski definition) is 2. The SMILES string of the molecule is C(=Nc1ccccc1)C1=C(c2ccccc2)C(C=Nc2ccccc2)CCC1. The smallest absolute Gasteiger partial charge is 0.0629 e. The summed E-state index contributed by atoms with van der Waals surface area (Å²) in [4.78, 5) is 9.49. The Morgan fingerprint density at radius 1 is 0.679 bits per heavy atom. The minimum absolute atomic E-state index is 0.300. The number of benzene rings is 3. The van der Waals surface area contributed by atoms with Crippen molar-refractivity contribution in [2.45, 2.75) is 19.3 Å². The third-order valence-corrected chi connectivity index (χ3v) is 5.05. The molecule has 0 amide bonds. The van der Waals surface area contributed by atoms with Crippen molar-refractivity contribution in [2.75, 3.05) is 0 Å². The maximum absolute atomic E-state index is 4.75. The monoisotopic (exact) mass is 364 g/mol. The van der Waals surface area contributed by atoms with Gasteiger partial charge in [0.1, 0.15) is 0 Å². The van der Waals surface area contributed by atoms with Crippen molar-refractivity contribution in [2.24, 2.45) is 15.9 Å². The van der Waals surface area contributed by atoms with E-state index in [0.717, 1.165) is 30.6 Å². The van der Waals surface area contributed by atoms with Crippen molar-refractivity contribution in [3.8, 4) is 0 Å². The number of hydrogen-bond donors (Lipinski definition) is 0. The van der Waals surface area contributed by atoms with Gasteiger partial charge in [0.25, 0.3) is 0 Å². The highest BCUT2D eigenvalue weighted by atomic mass is 14.7. The molecular weight excluding hydrogens is 340 g/mol. The number of rotatable bonds is 5. The van der Waals surface area contributed by atoms with Gasteiger partial charge in [-0.15, -0.1) is 0 Å². The summed E-state index contributed by atoms with van der Waals surface area (Å²) in [6, 6.07) is 31.0. The van der Waals surface area contributed by atoms with Crippen LogP contribution in [-0.4, -0.2) is 12.4 Å². The molecule has 3 aromatic rings. The van der Waals surface area contributed by atoms with Gasteiger partial charge in [-0.2, -0.15) is 0 Å². The van der Waals surface area contributed by atoms with E-state index >= 15 is 0 Å². The zero-order valence-electron chi connectivity index (χ0n) is 15.9. The second-order valence-corrected chi connectivity index (χ2v) is 7.01. The summed E-state index contributed by atoms with van der Waals surface area (Å²) in [5, 5.41) is 0. The van der Waals surface area contributed by atoms with Crippen LogP contribution in [0, 0.1) is 5.92 Å². The van der Waals surface area contributed by atoms with Crippen LogP contribution in [0.2, 0.25) is 0 Å². The highest BCUT2D eigenvalue weighted by Gasteiger charge is 2.22. The Balaban J connectivity index is 1.71. The Labute approximate surface area is 167 Å². The summed E-state index contributed by atoms with van der Waals surface area (Å²) in [6.07, 6.45) is 7.49. The highest BCUT2D eigenvalue weighted by molar-refractivity contribution is 5.97. The van der Waals surface area contributed by atoms with E-state index in [0.29, 0.717) is 5.92 Å². The van der Waals surface area contributed by atoms with E-state index in [-0.39, 0.29) is 0 Å². The van der Waals surface area contributed by atoms with Crippen LogP contribution in [0.15, 0.2) is 107 Å². The van der Waals surface area contributed by atoms with Crippen LogP contribution in [0.5, 0.6) is 0 Å². The van der Waals surface area contributed by atoms with Crippen LogP contribution < -0.4 is 0 Å². The molecule has 4 rings (SSSR count). The lowest BCUT2D eigenvalue weighted by atomic mass is 9.80. The van der Waals surface area contributed by atoms with E-state index in [1.54, 1.807) is 0 Å². The molecule has 0 bridgehead atoms. The Hall–Kier alpha value is -3.26. The number of para-hydroxylation sites is 2. The second kappa shape index (κ2) is 9.09. The van der Waals surface area contributed by atoms with E-state index in [1.807, 2.05) is 60.7 Å². The molecule has 0 N–H and O–H groups in total. The quantitative estimate of drug-likeness (QED) is 0.434. The van der Waals surface area contributed by atoms with Crippen molar-refractivity contribution in [3.63, 3.8) is 0 Å². The molecular formula is C26H24N2. The van der Waals surface area contributed by atoms with Gasteiger partial charge < -0.3 is 0 Å². The molecule has 2 heteroatoms. The molecule has 2 nitrogen and oxygen atoms in total. The zero-order chi connectivity index (χ0) is 19.0. The molecule has 0 heterocycles. The van der Waals surface area contributed by atoms with Crippen molar-refractivity contribution in [1.82, 2.24) is 0 Å². The van der Waals surface area contributed by atoms with Crippen molar-refractivity contribution < 1.29 is 0 Å². The lowest BCUT2D eigenvalue weighted by Crippen LogP contribution is -2.14. The minimum atomic E-state index is 0.300. The summed E-state index contributed by atoms with van der Waals surface area (Å²) < 4.78 is 0. The van der Waals surface area contributed by atoms with Crippen LogP contribution >= 0.6 is 0 Å². The van der Waals surface area contributed by atoms with Gasteiger partial charge in [-0.1, -0.05) is 66.7 Å². The normalized spacial score (nSPS) is 17.5. The Morgan fingerprint density at radius 3 is 1.89 bits per heavy atom. The Bertz CT molecular complexity index is 971. The number of allylic oxidation sites excluding steroid dienone is 2. The van der Waals surface area contributed by atoms with E-state index in [2.05, 4.69) is 42.8 Å². The molecule has 0 saturated heterocycles. The summed E-state index contributed by atoms with van der Waals surface area (Å²) in [6.45, 7) is 0. The fraction of sp³-hybridized carbons (Fsp3) is 0.154. The molecule has 138 valence electrons. The van der Waals surface area contributed by atoms with E-state index in [4.69, 9.17) is 9.98 Å². The lowest BCUT2D eigenvalue weighted by molar-refractivity contribution is 0.669. The average Bonchev–Trinajstić information content (AvgIpc) is 2.78. The first-order valence-corrected chi connectivity index (χ1v) is 9.87. The molecule has 0 fully saturated rings. The molecule has 28 heavy (non-hydrogen) atoms. The first-order chi connectivity index (χ1) is 13.9. The van der Waals surface area contributed by atoms with Crippen molar-refractivity contribution >= 4 is 29.4 Å². The fourth-order valence-electron chi connectivity index (χ4n) is 3.69. The fourth-order valence-corrected chi connectivity index (χ4v) is 3.69. The summed E-state index contributed by atoms with van der Waals surface area (Å²) >= 11 is 0. The lowest BCUT2D eigenvalue weighted by Gasteiger charge is -2.25. The van der Waals surface area contributed by atoms with Crippen LogP contribution in [0.1, 0.15) is 24.8 Å².